The van der Waals surface area contributed by atoms with E-state index in [1.54, 1.807) is 6.07 Å². The Hall–Kier alpha value is -2.14. The predicted octanol–water partition coefficient (Wildman–Crippen LogP) is 2.05. The van der Waals surface area contributed by atoms with Crippen LogP contribution in [0.4, 0.5) is 11.6 Å². The van der Waals surface area contributed by atoms with Gasteiger partial charge in [0.15, 0.2) is 5.82 Å². The average molecular weight is 270 g/mol. The van der Waals surface area contributed by atoms with Crippen LogP contribution in [0.3, 0.4) is 0 Å². The molecule has 1 aliphatic rings. The number of benzene rings is 1. The predicted molar refractivity (Wildman–Crippen MR) is 79.2 cm³/mol. The van der Waals surface area contributed by atoms with Crippen LogP contribution >= 0.6 is 0 Å². The summed E-state index contributed by atoms with van der Waals surface area (Å²) in [4.78, 5) is 8.70. The van der Waals surface area contributed by atoms with E-state index in [4.69, 9.17) is 5.73 Å². The molecule has 1 saturated carbocycles. The molecule has 0 amide bonds. The lowest BCUT2D eigenvalue weighted by Crippen LogP contribution is -2.43. The Morgan fingerprint density at radius 2 is 1.95 bits per heavy atom. The lowest BCUT2D eigenvalue weighted by molar-refractivity contribution is -0.0202. The number of nitrogens with two attached hydrogens (primary N) is 1. The quantitative estimate of drug-likeness (QED) is 0.792. The number of nitrogen functional groups attached to an aromatic ring is 1. The summed E-state index contributed by atoms with van der Waals surface area (Å²) in [6.45, 7) is 0.498. The Balaban J connectivity index is 1.80. The molecule has 20 heavy (non-hydrogen) atoms. The lowest BCUT2D eigenvalue weighted by atomic mass is 9.80. The molecule has 3 rings (SSSR count). The largest absolute Gasteiger partial charge is 0.388 e. The Morgan fingerprint density at radius 1 is 1.20 bits per heavy atom. The molecule has 1 heterocycles. The van der Waals surface area contributed by atoms with Gasteiger partial charge in [0.25, 0.3) is 0 Å². The van der Waals surface area contributed by atoms with Crippen LogP contribution in [0.1, 0.15) is 19.3 Å². The zero-order valence-electron chi connectivity index (χ0n) is 11.2. The van der Waals surface area contributed by atoms with Gasteiger partial charge >= 0.3 is 0 Å². The molecule has 1 fully saturated rings. The third-order valence-corrected chi connectivity index (χ3v) is 3.66. The van der Waals surface area contributed by atoms with Gasteiger partial charge in [0, 0.05) is 18.2 Å². The summed E-state index contributed by atoms with van der Waals surface area (Å²) in [6, 6.07) is 11.4. The van der Waals surface area contributed by atoms with E-state index in [-0.39, 0.29) is 0 Å². The topological polar surface area (TPSA) is 84.1 Å². The van der Waals surface area contributed by atoms with Crippen LogP contribution in [0, 0.1) is 0 Å². The minimum absolute atomic E-state index is 0.418. The van der Waals surface area contributed by atoms with Gasteiger partial charge in [-0.2, -0.15) is 0 Å². The molecule has 0 bridgehead atoms. The second kappa shape index (κ2) is 5.09. The maximum absolute atomic E-state index is 10.1. The summed E-state index contributed by atoms with van der Waals surface area (Å²) >= 11 is 0. The lowest BCUT2D eigenvalue weighted by Gasteiger charge is -2.36. The maximum atomic E-state index is 10.1. The fourth-order valence-corrected chi connectivity index (χ4v) is 2.29. The van der Waals surface area contributed by atoms with Crippen LogP contribution in [0.5, 0.6) is 0 Å². The Morgan fingerprint density at radius 3 is 2.60 bits per heavy atom. The van der Waals surface area contributed by atoms with Gasteiger partial charge in [-0.1, -0.05) is 30.3 Å². The second-order valence-corrected chi connectivity index (χ2v) is 5.30. The maximum Gasteiger partial charge on any atom is 0.163 e. The number of rotatable bonds is 4. The molecule has 0 spiro atoms. The summed E-state index contributed by atoms with van der Waals surface area (Å²) < 4.78 is 0. The molecule has 1 aromatic carbocycles. The minimum atomic E-state index is -0.591. The van der Waals surface area contributed by atoms with Crippen LogP contribution in [-0.2, 0) is 0 Å². The number of hydrogen-bond acceptors (Lipinski definition) is 5. The van der Waals surface area contributed by atoms with E-state index < -0.39 is 5.60 Å². The molecule has 2 aromatic rings. The monoisotopic (exact) mass is 270 g/mol. The van der Waals surface area contributed by atoms with E-state index in [0.29, 0.717) is 24.0 Å². The van der Waals surface area contributed by atoms with E-state index in [9.17, 15) is 5.11 Å². The number of anilines is 2. The van der Waals surface area contributed by atoms with Crippen molar-refractivity contribution in [2.24, 2.45) is 0 Å². The van der Waals surface area contributed by atoms with Gasteiger partial charge in [-0.3, -0.25) is 0 Å². The number of aliphatic hydroxyl groups is 1. The summed E-state index contributed by atoms with van der Waals surface area (Å²) in [7, 11) is 0. The Bertz CT molecular complexity index is 596. The van der Waals surface area contributed by atoms with Crippen molar-refractivity contribution in [2.75, 3.05) is 17.6 Å². The molecule has 0 aliphatic heterocycles. The third-order valence-electron chi connectivity index (χ3n) is 3.66. The van der Waals surface area contributed by atoms with Crippen molar-refractivity contribution in [3.05, 3.63) is 36.4 Å². The molecule has 0 atom stereocenters. The zero-order valence-corrected chi connectivity index (χ0v) is 11.2. The number of nitrogens with zero attached hydrogens (tertiary/aromatic N) is 2. The van der Waals surface area contributed by atoms with Crippen molar-refractivity contribution < 1.29 is 5.11 Å². The molecule has 104 valence electrons. The van der Waals surface area contributed by atoms with Gasteiger partial charge < -0.3 is 16.2 Å². The van der Waals surface area contributed by atoms with Gasteiger partial charge in [-0.05, 0) is 19.3 Å². The van der Waals surface area contributed by atoms with Gasteiger partial charge in [-0.25, -0.2) is 9.97 Å². The number of hydrogen-bond donors (Lipinski definition) is 3. The minimum Gasteiger partial charge on any atom is -0.388 e. The first kappa shape index (κ1) is 12.9. The summed E-state index contributed by atoms with van der Waals surface area (Å²) in [5, 5.41) is 13.2. The Labute approximate surface area is 117 Å². The molecule has 1 aromatic heterocycles. The number of nitrogens with one attached hydrogen (secondary N) is 1. The second-order valence-electron chi connectivity index (χ2n) is 5.30. The van der Waals surface area contributed by atoms with Gasteiger partial charge in [0.2, 0.25) is 0 Å². The molecule has 5 nitrogen and oxygen atoms in total. The summed E-state index contributed by atoms with van der Waals surface area (Å²) in [6.07, 6.45) is 2.76. The van der Waals surface area contributed by atoms with Crippen LogP contribution < -0.4 is 11.1 Å². The van der Waals surface area contributed by atoms with Gasteiger partial charge in [0.05, 0.1) is 5.60 Å². The molecule has 0 radical (unpaired) electrons. The molecular weight excluding hydrogens is 252 g/mol. The molecular formula is C15H18N4O. The van der Waals surface area contributed by atoms with E-state index in [0.717, 1.165) is 24.8 Å². The highest BCUT2D eigenvalue weighted by molar-refractivity contribution is 5.60. The first-order valence-corrected chi connectivity index (χ1v) is 6.81. The normalized spacial score (nSPS) is 16.4. The molecule has 4 N–H and O–H groups in total. The van der Waals surface area contributed by atoms with Crippen molar-refractivity contribution in [1.29, 1.82) is 0 Å². The highest BCUT2D eigenvalue weighted by Crippen LogP contribution is 2.31. The van der Waals surface area contributed by atoms with Crippen molar-refractivity contribution in [1.82, 2.24) is 9.97 Å². The standard InChI is InChI=1S/C15H18N4O/c16-12-9-13(17-10-15(20)7-4-8-15)19-14(18-12)11-5-2-1-3-6-11/h1-3,5-6,9,20H,4,7-8,10H2,(H3,16,17,18,19). The average Bonchev–Trinajstić information content (AvgIpc) is 2.43. The van der Waals surface area contributed by atoms with Gasteiger partial charge in [-0.15, -0.1) is 0 Å². The Kier molecular flexibility index (Phi) is 3.28. The van der Waals surface area contributed by atoms with E-state index in [1.807, 2.05) is 30.3 Å². The summed E-state index contributed by atoms with van der Waals surface area (Å²) in [5.74, 6) is 1.66. The van der Waals surface area contributed by atoms with Crippen molar-refractivity contribution >= 4 is 11.6 Å². The SMILES string of the molecule is Nc1cc(NCC2(O)CCC2)nc(-c2ccccc2)n1. The fraction of sp³-hybridized carbons (Fsp3) is 0.333. The zero-order chi connectivity index (χ0) is 14.0. The summed E-state index contributed by atoms with van der Waals surface area (Å²) in [5.41, 5.74) is 6.16. The first-order valence-electron chi connectivity index (χ1n) is 6.81. The third kappa shape index (κ3) is 2.72. The number of aromatic nitrogens is 2. The van der Waals surface area contributed by atoms with Crippen molar-refractivity contribution in [2.45, 2.75) is 24.9 Å². The van der Waals surface area contributed by atoms with Crippen LogP contribution in [0.15, 0.2) is 36.4 Å². The molecule has 5 heteroatoms. The van der Waals surface area contributed by atoms with Crippen LogP contribution in [-0.4, -0.2) is 27.2 Å². The smallest absolute Gasteiger partial charge is 0.163 e. The first-order chi connectivity index (χ1) is 9.65. The highest BCUT2D eigenvalue weighted by Gasteiger charge is 2.34. The van der Waals surface area contributed by atoms with Crippen LogP contribution in [0.2, 0.25) is 0 Å². The fourth-order valence-electron chi connectivity index (χ4n) is 2.29. The molecule has 0 unspecified atom stereocenters. The van der Waals surface area contributed by atoms with E-state index in [2.05, 4.69) is 15.3 Å². The van der Waals surface area contributed by atoms with E-state index >= 15 is 0 Å². The molecule has 1 aliphatic carbocycles. The van der Waals surface area contributed by atoms with Crippen molar-refractivity contribution in [3.8, 4) is 11.4 Å². The highest BCUT2D eigenvalue weighted by atomic mass is 16.3. The van der Waals surface area contributed by atoms with Crippen molar-refractivity contribution in [3.63, 3.8) is 0 Å². The molecule has 0 saturated heterocycles. The van der Waals surface area contributed by atoms with E-state index in [1.165, 1.54) is 0 Å². The van der Waals surface area contributed by atoms with Gasteiger partial charge in [0.1, 0.15) is 11.6 Å². The van der Waals surface area contributed by atoms with Crippen LogP contribution in [0.25, 0.3) is 11.4 Å².